The highest BCUT2D eigenvalue weighted by atomic mass is 19.4. The minimum atomic E-state index is -4.54. The molecular weight excluding hydrogens is 283 g/mol. The largest absolute Gasteiger partial charge is 0.416 e. The summed E-state index contributed by atoms with van der Waals surface area (Å²) in [5, 5.41) is 19.7. The van der Waals surface area contributed by atoms with Gasteiger partial charge in [0.05, 0.1) is 35.0 Å². The maximum Gasteiger partial charge on any atom is 0.416 e. The van der Waals surface area contributed by atoms with Gasteiger partial charge in [-0.3, -0.25) is 0 Å². The van der Waals surface area contributed by atoms with Crippen molar-refractivity contribution in [3.8, 4) is 6.07 Å². The van der Waals surface area contributed by atoms with Gasteiger partial charge in [0.2, 0.25) is 0 Å². The first-order valence-electron chi connectivity index (χ1n) is 6.81. The summed E-state index contributed by atoms with van der Waals surface area (Å²) in [4.78, 5) is 0. The average molecular weight is 297 g/mol. The number of aliphatic hydroxyl groups is 1. The fourth-order valence-corrected chi connectivity index (χ4v) is 3.28. The number of rotatable bonds is 1. The van der Waals surface area contributed by atoms with E-state index in [4.69, 9.17) is 10.00 Å². The molecular formula is C15H14F3NO2. The number of hydrogen-bond donors (Lipinski definition) is 1. The van der Waals surface area contributed by atoms with Gasteiger partial charge in [-0.1, -0.05) is 0 Å². The van der Waals surface area contributed by atoms with Crippen LogP contribution in [0.25, 0.3) is 0 Å². The molecule has 2 atom stereocenters. The second kappa shape index (κ2) is 4.72. The number of ether oxygens (including phenoxy) is 1. The van der Waals surface area contributed by atoms with Crippen LogP contribution in [0, 0.1) is 11.3 Å². The Morgan fingerprint density at radius 3 is 2.33 bits per heavy atom. The van der Waals surface area contributed by atoms with E-state index in [0.717, 1.165) is 25.0 Å². The fraction of sp³-hybridized carbons (Fsp3) is 0.533. The van der Waals surface area contributed by atoms with Crippen LogP contribution in [-0.2, 0) is 16.5 Å². The van der Waals surface area contributed by atoms with Crippen molar-refractivity contribution in [1.29, 1.82) is 5.26 Å². The summed E-state index contributed by atoms with van der Waals surface area (Å²) in [6.45, 7) is 0. The molecule has 2 aliphatic rings. The van der Waals surface area contributed by atoms with Crippen molar-refractivity contribution < 1.29 is 23.0 Å². The molecule has 0 spiro atoms. The number of hydrogen-bond acceptors (Lipinski definition) is 3. The second-order valence-corrected chi connectivity index (χ2v) is 5.81. The van der Waals surface area contributed by atoms with Gasteiger partial charge in [-0.15, -0.1) is 0 Å². The summed E-state index contributed by atoms with van der Waals surface area (Å²) < 4.78 is 44.4. The van der Waals surface area contributed by atoms with Crippen LogP contribution in [0.5, 0.6) is 0 Å². The van der Waals surface area contributed by atoms with Crippen molar-refractivity contribution in [2.45, 2.75) is 49.7 Å². The Morgan fingerprint density at radius 1 is 1.19 bits per heavy atom. The molecule has 0 aromatic heterocycles. The molecule has 1 aromatic rings. The zero-order valence-corrected chi connectivity index (χ0v) is 11.2. The van der Waals surface area contributed by atoms with E-state index in [-0.39, 0.29) is 36.2 Å². The Labute approximate surface area is 120 Å². The number of fused-ring (bicyclic) bond motifs is 2. The number of nitriles is 1. The van der Waals surface area contributed by atoms with Crippen LogP contribution in [0.3, 0.4) is 0 Å². The van der Waals surface area contributed by atoms with Crippen molar-refractivity contribution in [2.24, 2.45) is 0 Å². The summed E-state index contributed by atoms with van der Waals surface area (Å²) in [5.41, 5.74) is -2.18. The molecule has 2 bridgehead atoms. The van der Waals surface area contributed by atoms with E-state index >= 15 is 0 Å². The van der Waals surface area contributed by atoms with Crippen LogP contribution in [0.1, 0.15) is 42.4 Å². The van der Waals surface area contributed by atoms with E-state index < -0.39 is 17.3 Å². The SMILES string of the molecule is N#Cc1cc(C(F)(F)F)cc(C2(O)CC3CCC(C2)O3)c1. The van der Waals surface area contributed by atoms with Crippen LogP contribution < -0.4 is 0 Å². The Bertz CT molecular complexity index is 594. The van der Waals surface area contributed by atoms with Crippen LogP contribution in [0.2, 0.25) is 0 Å². The zero-order valence-electron chi connectivity index (χ0n) is 11.2. The quantitative estimate of drug-likeness (QED) is 0.866. The lowest BCUT2D eigenvalue weighted by molar-refractivity contribution is -0.138. The molecule has 0 saturated carbocycles. The van der Waals surface area contributed by atoms with Gasteiger partial charge in [0.15, 0.2) is 0 Å². The van der Waals surface area contributed by atoms with Gasteiger partial charge in [0, 0.05) is 12.8 Å². The van der Waals surface area contributed by atoms with Crippen molar-refractivity contribution in [2.75, 3.05) is 0 Å². The Morgan fingerprint density at radius 2 is 1.81 bits per heavy atom. The molecule has 2 saturated heterocycles. The van der Waals surface area contributed by atoms with Crippen molar-refractivity contribution in [3.63, 3.8) is 0 Å². The van der Waals surface area contributed by atoms with Gasteiger partial charge in [-0.25, -0.2) is 0 Å². The third-order valence-corrected chi connectivity index (χ3v) is 4.25. The molecule has 6 heteroatoms. The second-order valence-electron chi connectivity index (χ2n) is 5.81. The summed E-state index contributed by atoms with van der Waals surface area (Å²) in [6, 6.07) is 4.84. The predicted molar refractivity (Wildman–Crippen MR) is 67.2 cm³/mol. The van der Waals surface area contributed by atoms with E-state index in [1.807, 2.05) is 0 Å². The van der Waals surface area contributed by atoms with Gasteiger partial charge in [0.25, 0.3) is 0 Å². The van der Waals surface area contributed by atoms with Gasteiger partial charge in [0.1, 0.15) is 0 Å². The Kier molecular flexibility index (Phi) is 3.23. The molecule has 1 N–H and O–H groups in total. The van der Waals surface area contributed by atoms with Gasteiger partial charge >= 0.3 is 6.18 Å². The monoisotopic (exact) mass is 297 g/mol. The van der Waals surface area contributed by atoms with E-state index in [0.29, 0.717) is 0 Å². The lowest BCUT2D eigenvalue weighted by atomic mass is 9.82. The molecule has 2 fully saturated rings. The lowest BCUT2D eigenvalue weighted by Crippen LogP contribution is -2.38. The first-order valence-corrected chi connectivity index (χ1v) is 6.81. The highest BCUT2D eigenvalue weighted by Gasteiger charge is 2.45. The number of halogens is 3. The van der Waals surface area contributed by atoms with Crippen LogP contribution >= 0.6 is 0 Å². The first kappa shape index (κ1) is 14.4. The summed E-state index contributed by atoms with van der Waals surface area (Å²) in [7, 11) is 0. The summed E-state index contributed by atoms with van der Waals surface area (Å²) in [6.07, 6.45) is -2.59. The topological polar surface area (TPSA) is 53.2 Å². The fourth-order valence-electron chi connectivity index (χ4n) is 3.28. The standard InChI is InChI=1S/C15H14F3NO2/c16-15(17,18)11-4-9(8-19)3-10(5-11)14(20)6-12-1-2-13(7-14)21-12/h3-5,12-13,20H,1-2,6-7H2. The molecule has 2 unspecified atom stereocenters. The third kappa shape index (κ3) is 2.63. The van der Waals surface area contributed by atoms with Crippen molar-refractivity contribution in [1.82, 2.24) is 0 Å². The van der Waals surface area contributed by atoms with Crippen molar-refractivity contribution >= 4 is 0 Å². The molecule has 3 nitrogen and oxygen atoms in total. The van der Waals surface area contributed by atoms with Gasteiger partial charge in [-0.05, 0) is 36.6 Å². The lowest BCUT2D eigenvalue weighted by Gasteiger charge is -2.37. The zero-order chi connectivity index (χ0) is 15.3. The average Bonchev–Trinajstić information content (AvgIpc) is 2.77. The highest BCUT2D eigenvalue weighted by Crippen LogP contribution is 2.45. The minimum Gasteiger partial charge on any atom is -0.385 e. The molecule has 0 aliphatic carbocycles. The maximum absolute atomic E-state index is 12.9. The van der Waals surface area contributed by atoms with Crippen LogP contribution in [0.15, 0.2) is 18.2 Å². The van der Waals surface area contributed by atoms with E-state index in [2.05, 4.69) is 0 Å². The van der Waals surface area contributed by atoms with Crippen LogP contribution in [0.4, 0.5) is 13.2 Å². The Balaban J connectivity index is 2.03. The van der Waals surface area contributed by atoms with Crippen molar-refractivity contribution in [3.05, 3.63) is 34.9 Å². The van der Waals surface area contributed by atoms with Gasteiger partial charge < -0.3 is 9.84 Å². The smallest absolute Gasteiger partial charge is 0.385 e. The minimum absolute atomic E-state index is 0.0907. The maximum atomic E-state index is 12.9. The third-order valence-electron chi connectivity index (χ3n) is 4.25. The molecule has 0 radical (unpaired) electrons. The van der Waals surface area contributed by atoms with Gasteiger partial charge in [-0.2, -0.15) is 18.4 Å². The van der Waals surface area contributed by atoms with E-state index in [1.54, 1.807) is 6.07 Å². The summed E-state index contributed by atoms with van der Waals surface area (Å²) in [5.74, 6) is 0. The highest BCUT2D eigenvalue weighted by molar-refractivity contribution is 5.41. The van der Waals surface area contributed by atoms with Crippen LogP contribution in [-0.4, -0.2) is 17.3 Å². The number of alkyl halides is 3. The first-order chi connectivity index (χ1) is 9.80. The molecule has 1 aromatic carbocycles. The summed E-state index contributed by atoms with van der Waals surface area (Å²) >= 11 is 0. The number of benzene rings is 1. The van der Waals surface area contributed by atoms with E-state index in [9.17, 15) is 18.3 Å². The molecule has 2 heterocycles. The molecule has 112 valence electrons. The number of nitrogens with zero attached hydrogens (tertiary/aromatic N) is 1. The normalized spacial score (nSPS) is 32.0. The van der Waals surface area contributed by atoms with E-state index in [1.165, 1.54) is 6.07 Å². The molecule has 0 amide bonds. The molecule has 3 rings (SSSR count). The predicted octanol–water partition coefficient (Wildman–Crippen LogP) is 3.11. The molecule has 2 aliphatic heterocycles. The Hall–Kier alpha value is -1.58. The molecule has 21 heavy (non-hydrogen) atoms.